The molecule has 32 heavy (non-hydrogen) atoms. The van der Waals surface area contributed by atoms with Crippen LogP contribution in [0.25, 0.3) is 0 Å². The van der Waals surface area contributed by atoms with Crippen LogP contribution in [0.2, 0.25) is 15.1 Å². The summed E-state index contributed by atoms with van der Waals surface area (Å²) in [5, 5.41) is 15.8. The van der Waals surface area contributed by atoms with Crippen LogP contribution < -0.4 is 10.6 Å². The monoisotopic (exact) mass is 511 g/mol. The van der Waals surface area contributed by atoms with Gasteiger partial charge in [0.05, 0.1) is 21.8 Å². The van der Waals surface area contributed by atoms with Crippen molar-refractivity contribution in [3.05, 3.63) is 68.4 Å². The summed E-state index contributed by atoms with van der Waals surface area (Å²) < 4.78 is 1.74. The number of amides is 2. The SMILES string of the molecule is Cc1c(Cl)cccc1NC(=O)CSc1nnc([C@H](C)NC(=O)c2ccc(Cl)c(Cl)c2)n1C. The molecule has 11 heteroatoms. The molecule has 0 bridgehead atoms. The van der Waals surface area contributed by atoms with Crippen LogP contribution in [0.4, 0.5) is 5.69 Å². The lowest BCUT2D eigenvalue weighted by Crippen LogP contribution is -2.28. The second kappa shape index (κ2) is 10.6. The molecule has 3 rings (SSSR count). The first-order valence-corrected chi connectivity index (χ1v) is 11.6. The second-order valence-electron chi connectivity index (χ2n) is 6.97. The lowest BCUT2D eigenvalue weighted by Gasteiger charge is -2.14. The van der Waals surface area contributed by atoms with Crippen LogP contribution in [0.1, 0.15) is 34.7 Å². The standard InChI is InChI=1S/C21H20Cl3N5O2S/c1-11-14(22)5-4-6-17(11)26-18(30)10-32-21-28-27-19(29(21)3)12(2)25-20(31)13-7-8-15(23)16(24)9-13/h4-9,12H,10H2,1-3H3,(H,25,31)(H,26,30)/t12-/m0/s1. The normalized spacial score (nSPS) is 11.8. The Kier molecular flexibility index (Phi) is 8.05. The number of nitrogens with one attached hydrogen (secondary N) is 2. The zero-order valence-corrected chi connectivity index (χ0v) is 20.5. The van der Waals surface area contributed by atoms with Gasteiger partial charge in [0.2, 0.25) is 5.91 Å². The number of rotatable bonds is 7. The van der Waals surface area contributed by atoms with Gasteiger partial charge in [-0.2, -0.15) is 0 Å². The van der Waals surface area contributed by atoms with Crippen LogP contribution in [0.15, 0.2) is 41.6 Å². The first-order valence-electron chi connectivity index (χ1n) is 9.50. The Morgan fingerprint density at radius 1 is 1.09 bits per heavy atom. The molecule has 2 N–H and O–H groups in total. The molecule has 1 atom stereocenters. The molecule has 7 nitrogen and oxygen atoms in total. The molecular weight excluding hydrogens is 493 g/mol. The molecule has 0 saturated carbocycles. The summed E-state index contributed by atoms with van der Waals surface area (Å²) in [5.74, 6) is 0.185. The molecule has 168 valence electrons. The van der Waals surface area contributed by atoms with Gasteiger partial charge in [0.25, 0.3) is 5.91 Å². The number of aromatic nitrogens is 3. The molecule has 0 unspecified atom stereocenters. The minimum absolute atomic E-state index is 0.141. The van der Waals surface area contributed by atoms with E-state index >= 15 is 0 Å². The fourth-order valence-electron chi connectivity index (χ4n) is 2.87. The van der Waals surface area contributed by atoms with Gasteiger partial charge < -0.3 is 15.2 Å². The molecule has 3 aromatic rings. The van der Waals surface area contributed by atoms with E-state index in [2.05, 4.69) is 20.8 Å². The van der Waals surface area contributed by atoms with Gasteiger partial charge in [-0.05, 0) is 49.7 Å². The molecule has 0 spiro atoms. The lowest BCUT2D eigenvalue weighted by atomic mass is 10.2. The van der Waals surface area contributed by atoms with Crippen LogP contribution >= 0.6 is 46.6 Å². The third-order valence-corrected chi connectivity index (χ3v) is 6.83. The molecule has 0 radical (unpaired) electrons. The zero-order valence-electron chi connectivity index (χ0n) is 17.4. The summed E-state index contributed by atoms with van der Waals surface area (Å²) in [5.41, 5.74) is 1.86. The van der Waals surface area contributed by atoms with E-state index in [1.54, 1.807) is 48.9 Å². The van der Waals surface area contributed by atoms with Gasteiger partial charge in [-0.3, -0.25) is 9.59 Å². The summed E-state index contributed by atoms with van der Waals surface area (Å²) in [6.07, 6.45) is 0. The summed E-state index contributed by atoms with van der Waals surface area (Å²) in [7, 11) is 1.78. The summed E-state index contributed by atoms with van der Waals surface area (Å²) in [4.78, 5) is 24.9. The van der Waals surface area contributed by atoms with Crippen LogP contribution in [0.3, 0.4) is 0 Å². The van der Waals surface area contributed by atoms with E-state index in [1.807, 2.05) is 6.92 Å². The average Bonchev–Trinajstić information content (AvgIpc) is 3.12. The smallest absolute Gasteiger partial charge is 0.251 e. The van der Waals surface area contributed by atoms with Crippen molar-refractivity contribution in [2.24, 2.45) is 7.05 Å². The number of hydrogen-bond acceptors (Lipinski definition) is 5. The number of carbonyl (C=O) groups excluding carboxylic acids is 2. The molecule has 0 aliphatic rings. The number of nitrogens with zero attached hydrogens (tertiary/aromatic N) is 3. The zero-order chi connectivity index (χ0) is 23.4. The van der Waals surface area contributed by atoms with Gasteiger partial charge in [-0.15, -0.1) is 10.2 Å². The number of benzene rings is 2. The first-order chi connectivity index (χ1) is 15.2. The minimum Gasteiger partial charge on any atom is -0.342 e. The predicted octanol–water partition coefficient (Wildman–Crippen LogP) is 5.31. The van der Waals surface area contributed by atoms with Crippen molar-refractivity contribution < 1.29 is 9.59 Å². The highest BCUT2D eigenvalue weighted by Gasteiger charge is 2.19. The number of hydrogen-bond donors (Lipinski definition) is 2. The quantitative estimate of drug-likeness (QED) is 0.419. The van der Waals surface area contributed by atoms with Crippen molar-refractivity contribution in [2.75, 3.05) is 11.1 Å². The third-order valence-electron chi connectivity index (χ3n) is 4.66. The van der Waals surface area contributed by atoms with Crippen LogP contribution in [-0.4, -0.2) is 32.3 Å². The van der Waals surface area contributed by atoms with E-state index in [0.29, 0.717) is 37.3 Å². The van der Waals surface area contributed by atoms with E-state index in [-0.39, 0.29) is 17.6 Å². The maximum absolute atomic E-state index is 12.5. The third kappa shape index (κ3) is 5.75. The summed E-state index contributed by atoms with van der Waals surface area (Å²) >= 11 is 19.2. The Bertz CT molecular complexity index is 1170. The Balaban J connectivity index is 1.60. The largest absolute Gasteiger partial charge is 0.342 e. The first kappa shape index (κ1) is 24.4. The van der Waals surface area contributed by atoms with Crippen molar-refractivity contribution >= 4 is 64.1 Å². The molecule has 1 heterocycles. The van der Waals surface area contributed by atoms with E-state index in [4.69, 9.17) is 34.8 Å². The Morgan fingerprint density at radius 2 is 1.84 bits per heavy atom. The number of anilines is 1. The topological polar surface area (TPSA) is 88.9 Å². The minimum atomic E-state index is -0.424. The Labute approximate surface area is 204 Å². The summed E-state index contributed by atoms with van der Waals surface area (Å²) in [6.45, 7) is 3.64. The highest BCUT2D eigenvalue weighted by atomic mass is 35.5. The fourth-order valence-corrected chi connectivity index (χ4v) is 4.06. The Hall–Kier alpha value is -2.26. The van der Waals surface area contributed by atoms with Gasteiger partial charge in [0.1, 0.15) is 0 Å². The number of carbonyl (C=O) groups is 2. The number of halogens is 3. The molecule has 2 aromatic carbocycles. The fraction of sp³-hybridized carbons (Fsp3) is 0.238. The van der Waals surface area contributed by atoms with E-state index in [1.165, 1.54) is 17.8 Å². The van der Waals surface area contributed by atoms with Gasteiger partial charge in [0, 0.05) is 23.3 Å². The molecule has 0 aliphatic heterocycles. The maximum atomic E-state index is 12.5. The maximum Gasteiger partial charge on any atom is 0.251 e. The van der Waals surface area contributed by atoms with Crippen LogP contribution in [0, 0.1) is 6.92 Å². The van der Waals surface area contributed by atoms with E-state index in [0.717, 1.165) is 5.56 Å². The summed E-state index contributed by atoms with van der Waals surface area (Å²) in [6, 6.07) is 9.58. The lowest BCUT2D eigenvalue weighted by molar-refractivity contribution is -0.113. The van der Waals surface area contributed by atoms with Crippen molar-refractivity contribution in [1.82, 2.24) is 20.1 Å². The highest BCUT2D eigenvalue weighted by molar-refractivity contribution is 7.99. The van der Waals surface area contributed by atoms with Crippen molar-refractivity contribution in [3.63, 3.8) is 0 Å². The molecule has 2 amide bonds. The Morgan fingerprint density at radius 3 is 2.56 bits per heavy atom. The van der Waals surface area contributed by atoms with Crippen molar-refractivity contribution in [3.8, 4) is 0 Å². The van der Waals surface area contributed by atoms with Gasteiger partial charge >= 0.3 is 0 Å². The average molecular weight is 513 g/mol. The van der Waals surface area contributed by atoms with Gasteiger partial charge in [-0.25, -0.2) is 0 Å². The molecular formula is C21H20Cl3N5O2S. The highest BCUT2D eigenvalue weighted by Crippen LogP contribution is 2.25. The molecule has 0 saturated heterocycles. The van der Waals surface area contributed by atoms with Gasteiger partial charge in [-0.1, -0.05) is 52.6 Å². The molecule has 0 aliphatic carbocycles. The predicted molar refractivity (Wildman–Crippen MR) is 129 cm³/mol. The van der Waals surface area contributed by atoms with Crippen LogP contribution in [-0.2, 0) is 11.8 Å². The van der Waals surface area contributed by atoms with Crippen LogP contribution in [0.5, 0.6) is 0 Å². The van der Waals surface area contributed by atoms with E-state index in [9.17, 15) is 9.59 Å². The molecule has 0 fully saturated rings. The van der Waals surface area contributed by atoms with Crippen molar-refractivity contribution in [2.45, 2.75) is 25.0 Å². The van der Waals surface area contributed by atoms with Crippen molar-refractivity contribution in [1.29, 1.82) is 0 Å². The number of thioether (sulfide) groups is 1. The molecule has 1 aromatic heterocycles. The second-order valence-corrected chi connectivity index (χ2v) is 9.14. The van der Waals surface area contributed by atoms with E-state index < -0.39 is 6.04 Å². The van der Waals surface area contributed by atoms with Gasteiger partial charge in [0.15, 0.2) is 11.0 Å².